The number of anilines is 1. The van der Waals surface area contributed by atoms with Crippen LogP contribution in [0.5, 0.6) is 0 Å². The minimum Gasteiger partial charge on any atom is -0.354 e. The third kappa shape index (κ3) is 7.27. The molecule has 0 aliphatic carbocycles. The van der Waals surface area contributed by atoms with Gasteiger partial charge in [0.25, 0.3) is 0 Å². The summed E-state index contributed by atoms with van der Waals surface area (Å²) in [4.78, 5) is 28.3. The molecule has 198 valence electrons. The van der Waals surface area contributed by atoms with Gasteiger partial charge in [-0.3, -0.25) is 9.59 Å². The highest BCUT2D eigenvalue weighted by Crippen LogP contribution is 2.24. The molecular weight excluding hydrogens is 483 g/mol. The van der Waals surface area contributed by atoms with E-state index in [0.29, 0.717) is 13.0 Å². The van der Waals surface area contributed by atoms with Crippen molar-refractivity contribution in [3.05, 3.63) is 65.5 Å². The van der Waals surface area contributed by atoms with Crippen LogP contribution in [0.4, 0.5) is 10.1 Å². The zero-order valence-corrected chi connectivity index (χ0v) is 22.7. The van der Waals surface area contributed by atoms with E-state index in [4.69, 9.17) is 0 Å². The molecule has 0 aliphatic heterocycles. The van der Waals surface area contributed by atoms with Gasteiger partial charge in [0.2, 0.25) is 11.8 Å². The second-order valence-corrected chi connectivity index (χ2v) is 11.3. The molecule has 0 saturated heterocycles. The Balaban J connectivity index is 2.52. The molecule has 0 heterocycles. The summed E-state index contributed by atoms with van der Waals surface area (Å²) in [5.41, 5.74) is 1.51. The van der Waals surface area contributed by atoms with E-state index in [1.54, 1.807) is 6.92 Å². The summed E-state index contributed by atoms with van der Waals surface area (Å²) in [6.07, 6.45) is 0.321. The van der Waals surface area contributed by atoms with Crippen molar-refractivity contribution in [2.24, 2.45) is 5.92 Å². The van der Waals surface area contributed by atoms with Crippen molar-refractivity contribution in [2.45, 2.75) is 46.7 Å². The fourth-order valence-corrected chi connectivity index (χ4v) is 4.73. The molecule has 0 unspecified atom stereocenters. The van der Waals surface area contributed by atoms with E-state index in [2.05, 4.69) is 5.32 Å². The number of para-hydroxylation sites is 1. The number of nitrogens with zero attached hydrogens (tertiary/aromatic N) is 3. The molecule has 0 bridgehead atoms. The van der Waals surface area contributed by atoms with Gasteiger partial charge in [0.15, 0.2) is 0 Å². The van der Waals surface area contributed by atoms with E-state index >= 15 is 0 Å². The van der Waals surface area contributed by atoms with Crippen LogP contribution in [0.3, 0.4) is 0 Å². The zero-order chi connectivity index (χ0) is 27.0. The number of nitrogens with one attached hydrogen (secondary N) is 1. The van der Waals surface area contributed by atoms with Crippen LogP contribution in [-0.4, -0.2) is 62.7 Å². The van der Waals surface area contributed by atoms with Crippen LogP contribution in [0.2, 0.25) is 0 Å². The van der Waals surface area contributed by atoms with Gasteiger partial charge in [-0.2, -0.15) is 12.7 Å². The van der Waals surface area contributed by atoms with Gasteiger partial charge >= 0.3 is 10.2 Å². The van der Waals surface area contributed by atoms with Gasteiger partial charge in [-0.05, 0) is 42.5 Å². The van der Waals surface area contributed by atoms with Crippen LogP contribution in [0.15, 0.2) is 48.5 Å². The summed E-state index contributed by atoms with van der Waals surface area (Å²) < 4.78 is 42.6. The Bertz CT molecular complexity index is 1150. The molecule has 0 saturated carbocycles. The Morgan fingerprint density at radius 3 is 2.19 bits per heavy atom. The van der Waals surface area contributed by atoms with Crippen molar-refractivity contribution in [3.63, 3.8) is 0 Å². The molecule has 36 heavy (non-hydrogen) atoms. The highest BCUT2D eigenvalue weighted by Gasteiger charge is 2.34. The van der Waals surface area contributed by atoms with Crippen LogP contribution in [0, 0.1) is 18.7 Å². The molecule has 2 aromatic carbocycles. The largest absolute Gasteiger partial charge is 0.354 e. The molecule has 2 amide bonds. The fourth-order valence-electron chi connectivity index (χ4n) is 3.67. The summed E-state index contributed by atoms with van der Waals surface area (Å²) in [6, 6.07) is 12.0. The van der Waals surface area contributed by atoms with Gasteiger partial charge in [0.05, 0.1) is 5.69 Å². The van der Waals surface area contributed by atoms with Crippen molar-refractivity contribution in [1.82, 2.24) is 14.5 Å². The van der Waals surface area contributed by atoms with Crippen LogP contribution < -0.4 is 9.62 Å². The SMILES string of the molecule is CC[C@H](C(=O)NCC(C)C)N(Cc1ccccc1C)C(=O)CN(c1ccccc1F)S(=O)(=O)N(C)C. The quantitative estimate of drug-likeness (QED) is 0.465. The van der Waals surface area contributed by atoms with Gasteiger partial charge in [-0.25, -0.2) is 8.70 Å². The van der Waals surface area contributed by atoms with Crippen LogP contribution >= 0.6 is 0 Å². The number of carbonyl (C=O) groups excluding carboxylic acids is 2. The van der Waals surface area contributed by atoms with Crippen molar-refractivity contribution >= 4 is 27.7 Å². The molecule has 0 aliphatic rings. The van der Waals surface area contributed by atoms with Gasteiger partial charge in [-0.1, -0.05) is 57.2 Å². The average Bonchev–Trinajstić information content (AvgIpc) is 2.82. The van der Waals surface area contributed by atoms with E-state index in [9.17, 15) is 22.4 Å². The van der Waals surface area contributed by atoms with E-state index in [1.807, 2.05) is 45.0 Å². The maximum absolute atomic E-state index is 14.7. The highest BCUT2D eigenvalue weighted by molar-refractivity contribution is 7.90. The average molecular weight is 521 g/mol. The van der Waals surface area contributed by atoms with Gasteiger partial charge in [0, 0.05) is 27.2 Å². The van der Waals surface area contributed by atoms with Gasteiger partial charge in [0.1, 0.15) is 18.4 Å². The molecule has 1 N–H and O–H groups in total. The maximum atomic E-state index is 14.7. The monoisotopic (exact) mass is 520 g/mol. The predicted octanol–water partition coefficient (Wildman–Crippen LogP) is 3.33. The first-order chi connectivity index (χ1) is 16.9. The normalized spacial score (nSPS) is 12.5. The number of rotatable bonds is 12. The Morgan fingerprint density at radius 1 is 1.03 bits per heavy atom. The summed E-state index contributed by atoms with van der Waals surface area (Å²) >= 11 is 0. The number of hydrogen-bond donors (Lipinski definition) is 1. The van der Waals surface area contributed by atoms with E-state index in [0.717, 1.165) is 25.8 Å². The van der Waals surface area contributed by atoms with Crippen molar-refractivity contribution < 1.29 is 22.4 Å². The number of aryl methyl sites for hydroxylation is 1. The fraction of sp³-hybridized carbons (Fsp3) is 0.462. The van der Waals surface area contributed by atoms with Crippen molar-refractivity contribution in [2.75, 3.05) is 31.5 Å². The maximum Gasteiger partial charge on any atom is 0.304 e. The van der Waals surface area contributed by atoms with Crippen molar-refractivity contribution in [1.29, 1.82) is 0 Å². The lowest BCUT2D eigenvalue weighted by Gasteiger charge is -2.34. The van der Waals surface area contributed by atoms with Crippen molar-refractivity contribution in [3.8, 4) is 0 Å². The first-order valence-corrected chi connectivity index (χ1v) is 13.4. The molecule has 8 nitrogen and oxygen atoms in total. The Hall–Kier alpha value is -2.98. The van der Waals surface area contributed by atoms with Crippen LogP contribution in [0.1, 0.15) is 38.3 Å². The lowest BCUT2D eigenvalue weighted by Crippen LogP contribution is -2.53. The molecular formula is C26H37FN4O4S. The van der Waals surface area contributed by atoms with Crippen LogP contribution in [-0.2, 0) is 26.3 Å². The van der Waals surface area contributed by atoms with Gasteiger partial charge < -0.3 is 10.2 Å². The Morgan fingerprint density at radius 2 is 1.64 bits per heavy atom. The first-order valence-electron chi connectivity index (χ1n) is 12.0. The second kappa shape index (κ2) is 12.8. The number of hydrogen-bond acceptors (Lipinski definition) is 4. The Kier molecular flexibility index (Phi) is 10.4. The minimum atomic E-state index is -4.22. The zero-order valence-electron chi connectivity index (χ0n) is 21.9. The smallest absolute Gasteiger partial charge is 0.304 e. The predicted molar refractivity (Wildman–Crippen MR) is 140 cm³/mol. The molecule has 2 rings (SSSR count). The summed E-state index contributed by atoms with van der Waals surface area (Å²) in [6.45, 7) is 7.51. The lowest BCUT2D eigenvalue weighted by atomic mass is 10.1. The summed E-state index contributed by atoms with van der Waals surface area (Å²) in [5, 5.41) is 2.88. The van der Waals surface area contributed by atoms with E-state index in [-0.39, 0.29) is 24.1 Å². The van der Waals surface area contributed by atoms with Gasteiger partial charge in [-0.15, -0.1) is 0 Å². The Labute approximate surface area is 214 Å². The van der Waals surface area contributed by atoms with E-state index in [1.165, 1.54) is 37.2 Å². The molecule has 0 radical (unpaired) electrons. The molecule has 0 spiro atoms. The topological polar surface area (TPSA) is 90.0 Å². The summed E-state index contributed by atoms with van der Waals surface area (Å²) in [7, 11) is -1.59. The van der Waals surface area contributed by atoms with Crippen LogP contribution in [0.25, 0.3) is 0 Å². The molecule has 0 aromatic heterocycles. The molecule has 1 atom stereocenters. The summed E-state index contributed by atoms with van der Waals surface area (Å²) in [5.74, 6) is -1.49. The first kappa shape index (κ1) is 29.3. The number of carbonyl (C=O) groups is 2. The standard InChI is InChI=1S/C26H37FN4O4S/c1-7-23(26(33)28-16-19(2)3)30(17-21-13-9-8-12-20(21)4)25(32)18-31(36(34,35)29(5)6)24-15-11-10-14-22(24)27/h8-15,19,23H,7,16-18H2,1-6H3,(H,28,33)/t23-/m1/s1. The highest BCUT2D eigenvalue weighted by atomic mass is 32.2. The molecule has 10 heteroatoms. The second-order valence-electron chi connectivity index (χ2n) is 9.26. The van der Waals surface area contributed by atoms with E-state index < -0.39 is 34.5 Å². The number of amides is 2. The number of benzene rings is 2. The third-order valence-corrected chi connectivity index (χ3v) is 7.62. The minimum absolute atomic E-state index is 0.103. The number of halogens is 1. The molecule has 2 aromatic rings. The lowest BCUT2D eigenvalue weighted by molar-refractivity contribution is -0.140. The third-order valence-electron chi connectivity index (χ3n) is 5.81. The molecule has 0 fully saturated rings.